The van der Waals surface area contributed by atoms with Gasteiger partial charge in [0.05, 0.1) is 6.61 Å². The van der Waals surface area contributed by atoms with E-state index in [0.29, 0.717) is 31.8 Å². The first kappa shape index (κ1) is 14.0. The van der Waals surface area contributed by atoms with Gasteiger partial charge in [-0.05, 0) is 13.0 Å². The molecule has 1 atom stereocenters. The van der Waals surface area contributed by atoms with E-state index < -0.39 is 0 Å². The van der Waals surface area contributed by atoms with E-state index in [0.717, 1.165) is 6.54 Å². The third-order valence-corrected chi connectivity index (χ3v) is 3.24. The summed E-state index contributed by atoms with van der Waals surface area (Å²) in [6.07, 6.45) is 0. The van der Waals surface area contributed by atoms with Crippen molar-refractivity contribution in [1.82, 2.24) is 10.2 Å². The van der Waals surface area contributed by atoms with Crippen molar-refractivity contribution in [1.29, 1.82) is 0 Å². The van der Waals surface area contributed by atoms with Gasteiger partial charge in [0, 0.05) is 31.7 Å². The Morgan fingerprint density at radius 1 is 1.53 bits per heavy atom. The Bertz CT molecular complexity index is 439. The molecule has 1 aromatic carbocycles. The lowest BCUT2D eigenvalue weighted by atomic mass is 10.1. The van der Waals surface area contributed by atoms with E-state index in [4.69, 9.17) is 4.74 Å². The lowest BCUT2D eigenvalue weighted by molar-refractivity contribution is -0.150. The molecule has 4 nitrogen and oxygen atoms in total. The number of esters is 1. The second kappa shape index (κ2) is 6.63. The van der Waals surface area contributed by atoms with Gasteiger partial charge in [-0.25, -0.2) is 4.39 Å². The number of hydrogen-bond donors (Lipinski definition) is 1. The van der Waals surface area contributed by atoms with Crippen molar-refractivity contribution in [2.24, 2.45) is 0 Å². The highest BCUT2D eigenvalue weighted by Crippen LogP contribution is 2.14. The van der Waals surface area contributed by atoms with E-state index in [2.05, 4.69) is 5.32 Å². The minimum absolute atomic E-state index is 0.233. The molecular formula is C14H19FN2O2. The van der Waals surface area contributed by atoms with Gasteiger partial charge in [0.1, 0.15) is 11.9 Å². The summed E-state index contributed by atoms with van der Waals surface area (Å²) in [6.45, 7) is 4.63. The maximum absolute atomic E-state index is 13.7. The van der Waals surface area contributed by atoms with Gasteiger partial charge in [0.2, 0.25) is 0 Å². The van der Waals surface area contributed by atoms with E-state index in [-0.39, 0.29) is 17.8 Å². The van der Waals surface area contributed by atoms with Crippen LogP contribution < -0.4 is 5.32 Å². The average molecular weight is 266 g/mol. The molecule has 1 aliphatic rings. The highest BCUT2D eigenvalue weighted by atomic mass is 19.1. The average Bonchev–Trinajstić information content (AvgIpc) is 2.42. The summed E-state index contributed by atoms with van der Waals surface area (Å²) in [4.78, 5) is 13.9. The third-order valence-electron chi connectivity index (χ3n) is 3.24. The van der Waals surface area contributed by atoms with Crippen molar-refractivity contribution >= 4 is 5.97 Å². The first-order chi connectivity index (χ1) is 9.22. The van der Waals surface area contributed by atoms with Crippen LogP contribution in [0.1, 0.15) is 12.5 Å². The quantitative estimate of drug-likeness (QED) is 0.831. The molecule has 0 aliphatic carbocycles. The number of carbonyl (C=O) groups is 1. The van der Waals surface area contributed by atoms with Crippen molar-refractivity contribution in [2.75, 3.05) is 26.2 Å². The molecule has 2 rings (SSSR count). The fourth-order valence-corrected chi connectivity index (χ4v) is 2.25. The molecule has 1 aromatic rings. The number of nitrogens with zero attached hydrogens (tertiary/aromatic N) is 1. The summed E-state index contributed by atoms with van der Waals surface area (Å²) in [5.74, 6) is -0.477. The van der Waals surface area contributed by atoms with Gasteiger partial charge < -0.3 is 10.1 Å². The molecule has 1 saturated heterocycles. The summed E-state index contributed by atoms with van der Waals surface area (Å²) in [5, 5.41) is 3.17. The number of piperazine rings is 1. The monoisotopic (exact) mass is 266 g/mol. The predicted octanol–water partition coefficient (Wildman–Crippen LogP) is 1.16. The zero-order valence-corrected chi connectivity index (χ0v) is 11.1. The number of halogens is 1. The molecule has 0 spiro atoms. The van der Waals surface area contributed by atoms with Crippen LogP contribution in [0, 0.1) is 5.82 Å². The van der Waals surface area contributed by atoms with Gasteiger partial charge in [-0.3, -0.25) is 9.69 Å². The smallest absolute Gasteiger partial charge is 0.324 e. The molecule has 1 N–H and O–H groups in total. The summed E-state index contributed by atoms with van der Waals surface area (Å²) in [6, 6.07) is 6.32. The third kappa shape index (κ3) is 3.52. The van der Waals surface area contributed by atoms with E-state index in [9.17, 15) is 9.18 Å². The fraction of sp³-hybridized carbons (Fsp3) is 0.500. The van der Waals surface area contributed by atoms with E-state index in [1.165, 1.54) is 6.07 Å². The van der Waals surface area contributed by atoms with E-state index >= 15 is 0 Å². The number of carbonyl (C=O) groups excluding carboxylic acids is 1. The number of hydrogen-bond acceptors (Lipinski definition) is 4. The number of benzene rings is 1. The second-order valence-electron chi connectivity index (χ2n) is 4.53. The van der Waals surface area contributed by atoms with Crippen LogP contribution in [0.15, 0.2) is 24.3 Å². The van der Waals surface area contributed by atoms with Gasteiger partial charge in [-0.1, -0.05) is 18.2 Å². The number of ether oxygens (including phenoxy) is 1. The Kier molecular flexibility index (Phi) is 4.87. The molecule has 0 radical (unpaired) electrons. The molecule has 0 bridgehead atoms. The topological polar surface area (TPSA) is 41.6 Å². The molecule has 104 valence electrons. The van der Waals surface area contributed by atoms with Gasteiger partial charge in [-0.2, -0.15) is 0 Å². The van der Waals surface area contributed by atoms with Gasteiger partial charge in [-0.15, -0.1) is 0 Å². The Labute approximate surface area is 112 Å². The molecule has 1 heterocycles. The normalized spacial score (nSPS) is 20.2. The summed E-state index contributed by atoms with van der Waals surface area (Å²) in [7, 11) is 0. The van der Waals surface area contributed by atoms with Crippen LogP contribution in [0.3, 0.4) is 0 Å². The van der Waals surface area contributed by atoms with Crippen molar-refractivity contribution in [3.05, 3.63) is 35.6 Å². The van der Waals surface area contributed by atoms with Crippen LogP contribution in [0.4, 0.5) is 4.39 Å². The lowest BCUT2D eigenvalue weighted by Crippen LogP contribution is -2.54. The minimum Gasteiger partial charge on any atom is -0.465 e. The molecular weight excluding hydrogens is 247 g/mol. The zero-order valence-electron chi connectivity index (χ0n) is 11.1. The van der Waals surface area contributed by atoms with Crippen molar-refractivity contribution in [3.63, 3.8) is 0 Å². The first-order valence-electron chi connectivity index (χ1n) is 6.57. The maximum atomic E-state index is 13.7. The molecule has 0 saturated carbocycles. The summed E-state index contributed by atoms with van der Waals surface area (Å²) in [5.41, 5.74) is 0.610. The van der Waals surface area contributed by atoms with Crippen LogP contribution in [0.2, 0.25) is 0 Å². The molecule has 1 aliphatic heterocycles. The molecule has 0 amide bonds. The largest absolute Gasteiger partial charge is 0.465 e. The van der Waals surface area contributed by atoms with Crippen molar-refractivity contribution in [2.45, 2.75) is 19.5 Å². The van der Waals surface area contributed by atoms with Crippen LogP contribution in [0.5, 0.6) is 0 Å². The van der Waals surface area contributed by atoms with Crippen LogP contribution in [-0.2, 0) is 16.1 Å². The van der Waals surface area contributed by atoms with Crippen molar-refractivity contribution < 1.29 is 13.9 Å². The Balaban J connectivity index is 2.07. The van der Waals surface area contributed by atoms with Gasteiger partial charge >= 0.3 is 5.97 Å². The minimum atomic E-state index is -0.340. The number of rotatable bonds is 4. The van der Waals surface area contributed by atoms with Gasteiger partial charge in [0.25, 0.3) is 0 Å². The van der Waals surface area contributed by atoms with E-state index in [1.54, 1.807) is 25.1 Å². The SMILES string of the molecule is CCOC(=O)C1CNCCN1Cc1ccccc1F. The Hall–Kier alpha value is -1.46. The van der Waals surface area contributed by atoms with Crippen LogP contribution in [0.25, 0.3) is 0 Å². The Morgan fingerprint density at radius 3 is 3.05 bits per heavy atom. The van der Waals surface area contributed by atoms with E-state index in [1.807, 2.05) is 4.90 Å². The zero-order chi connectivity index (χ0) is 13.7. The van der Waals surface area contributed by atoms with Crippen LogP contribution >= 0.6 is 0 Å². The Morgan fingerprint density at radius 2 is 2.32 bits per heavy atom. The highest BCUT2D eigenvalue weighted by Gasteiger charge is 2.30. The summed E-state index contributed by atoms with van der Waals surface area (Å²) < 4.78 is 18.7. The molecule has 1 fully saturated rings. The summed E-state index contributed by atoms with van der Waals surface area (Å²) >= 11 is 0. The van der Waals surface area contributed by atoms with Crippen LogP contribution in [-0.4, -0.2) is 43.2 Å². The highest BCUT2D eigenvalue weighted by molar-refractivity contribution is 5.76. The molecule has 0 aromatic heterocycles. The molecule has 19 heavy (non-hydrogen) atoms. The maximum Gasteiger partial charge on any atom is 0.324 e. The second-order valence-corrected chi connectivity index (χ2v) is 4.53. The standard InChI is InChI=1S/C14H19FN2O2/c1-2-19-14(18)13-9-16-7-8-17(13)10-11-5-3-4-6-12(11)15/h3-6,13,16H,2,7-10H2,1H3. The fourth-order valence-electron chi connectivity index (χ4n) is 2.25. The number of nitrogens with one attached hydrogen (secondary N) is 1. The van der Waals surface area contributed by atoms with Gasteiger partial charge in [0.15, 0.2) is 0 Å². The predicted molar refractivity (Wildman–Crippen MR) is 70.1 cm³/mol. The molecule has 5 heteroatoms. The van der Waals surface area contributed by atoms with Crippen molar-refractivity contribution in [3.8, 4) is 0 Å². The first-order valence-corrected chi connectivity index (χ1v) is 6.57. The molecule has 1 unspecified atom stereocenters. The lowest BCUT2D eigenvalue weighted by Gasteiger charge is -2.34.